The number of nitrogens with one attached hydrogen (secondary N) is 1. The number of hydrogen-bond donors (Lipinski definition) is 1. The average Bonchev–Trinajstić information content (AvgIpc) is 2.21. The zero-order valence-electron chi connectivity index (χ0n) is 11.6. The first-order valence-electron chi connectivity index (χ1n) is 6.35. The van der Waals surface area contributed by atoms with E-state index in [0.717, 1.165) is 11.0 Å². The summed E-state index contributed by atoms with van der Waals surface area (Å²) in [7, 11) is 0. The van der Waals surface area contributed by atoms with E-state index in [1.165, 1.54) is 17.5 Å². The van der Waals surface area contributed by atoms with Crippen LogP contribution < -0.4 is 5.32 Å². The van der Waals surface area contributed by atoms with Gasteiger partial charge >= 0.3 is 0 Å². The standard InChI is InChI=1S/C15H24BrN/c1-6-9-17-14(15(3,4)5)13-10-12(16)8-7-11(13)2/h7-8,10,14,17H,6,9H2,1-5H3. The van der Waals surface area contributed by atoms with E-state index in [1.807, 2.05) is 0 Å². The van der Waals surface area contributed by atoms with Gasteiger partial charge in [-0.2, -0.15) is 0 Å². The number of benzene rings is 1. The van der Waals surface area contributed by atoms with Gasteiger partial charge in [0.15, 0.2) is 0 Å². The molecule has 0 saturated heterocycles. The predicted octanol–water partition coefficient (Wildman–Crippen LogP) is 4.84. The minimum Gasteiger partial charge on any atom is -0.309 e. The summed E-state index contributed by atoms with van der Waals surface area (Å²) in [6.07, 6.45) is 1.17. The molecule has 96 valence electrons. The van der Waals surface area contributed by atoms with Gasteiger partial charge in [0.25, 0.3) is 0 Å². The Balaban J connectivity index is 3.08. The molecule has 1 nitrogen and oxygen atoms in total. The molecule has 1 unspecified atom stereocenters. The van der Waals surface area contributed by atoms with Crippen LogP contribution in [0.25, 0.3) is 0 Å². The molecule has 1 rings (SSSR count). The van der Waals surface area contributed by atoms with Crippen LogP contribution in [0.1, 0.15) is 51.3 Å². The van der Waals surface area contributed by atoms with Crippen molar-refractivity contribution in [1.82, 2.24) is 5.32 Å². The Morgan fingerprint density at radius 3 is 2.47 bits per heavy atom. The zero-order valence-corrected chi connectivity index (χ0v) is 13.2. The number of halogens is 1. The van der Waals surface area contributed by atoms with E-state index in [-0.39, 0.29) is 5.41 Å². The minimum atomic E-state index is 0.223. The molecular weight excluding hydrogens is 274 g/mol. The molecule has 0 saturated carbocycles. The Kier molecular flexibility index (Phi) is 5.21. The van der Waals surface area contributed by atoms with Crippen LogP contribution in [0, 0.1) is 12.3 Å². The highest BCUT2D eigenvalue weighted by molar-refractivity contribution is 9.10. The molecule has 0 fully saturated rings. The lowest BCUT2D eigenvalue weighted by molar-refractivity contribution is 0.272. The van der Waals surface area contributed by atoms with Gasteiger partial charge in [0, 0.05) is 10.5 Å². The fraction of sp³-hybridized carbons (Fsp3) is 0.600. The summed E-state index contributed by atoms with van der Waals surface area (Å²) in [6.45, 7) is 12.3. The maximum absolute atomic E-state index is 3.67. The summed E-state index contributed by atoms with van der Waals surface area (Å²) in [5, 5.41) is 3.67. The van der Waals surface area contributed by atoms with E-state index in [2.05, 4.69) is 74.1 Å². The largest absolute Gasteiger partial charge is 0.309 e. The first-order valence-corrected chi connectivity index (χ1v) is 7.15. The molecule has 0 radical (unpaired) electrons. The van der Waals surface area contributed by atoms with Gasteiger partial charge in [0.2, 0.25) is 0 Å². The van der Waals surface area contributed by atoms with E-state index < -0.39 is 0 Å². The van der Waals surface area contributed by atoms with Crippen LogP contribution in [0.2, 0.25) is 0 Å². The molecule has 1 N–H and O–H groups in total. The quantitative estimate of drug-likeness (QED) is 0.838. The maximum atomic E-state index is 3.67. The first-order chi connectivity index (χ1) is 7.86. The second kappa shape index (κ2) is 6.01. The van der Waals surface area contributed by atoms with Crippen LogP contribution in [0.3, 0.4) is 0 Å². The predicted molar refractivity (Wildman–Crippen MR) is 79.4 cm³/mol. The average molecular weight is 298 g/mol. The highest BCUT2D eigenvalue weighted by atomic mass is 79.9. The SMILES string of the molecule is CCCNC(c1cc(Br)ccc1C)C(C)(C)C. The third-order valence-corrected chi connectivity index (χ3v) is 3.51. The Labute approximate surface area is 114 Å². The summed E-state index contributed by atoms with van der Waals surface area (Å²) in [6, 6.07) is 6.94. The maximum Gasteiger partial charge on any atom is 0.0372 e. The topological polar surface area (TPSA) is 12.0 Å². The van der Waals surface area contributed by atoms with Gasteiger partial charge in [0.1, 0.15) is 0 Å². The lowest BCUT2D eigenvalue weighted by Gasteiger charge is -2.33. The molecule has 0 bridgehead atoms. The monoisotopic (exact) mass is 297 g/mol. The number of hydrogen-bond acceptors (Lipinski definition) is 1. The molecule has 0 aliphatic carbocycles. The Hall–Kier alpha value is -0.340. The van der Waals surface area contributed by atoms with Crippen molar-refractivity contribution in [3.8, 4) is 0 Å². The summed E-state index contributed by atoms with van der Waals surface area (Å²) >= 11 is 3.57. The molecule has 0 heterocycles. The zero-order chi connectivity index (χ0) is 13.1. The van der Waals surface area contributed by atoms with Gasteiger partial charge in [-0.3, -0.25) is 0 Å². The Morgan fingerprint density at radius 2 is 1.94 bits per heavy atom. The lowest BCUT2D eigenvalue weighted by atomic mass is 9.81. The molecule has 0 aliphatic rings. The van der Waals surface area contributed by atoms with Crippen LogP contribution in [-0.4, -0.2) is 6.54 Å². The van der Waals surface area contributed by atoms with Gasteiger partial charge in [-0.05, 0) is 48.6 Å². The highest BCUT2D eigenvalue weighted by Crippen LogP contribution is 2.35. The molecule has 1 aromatic rings. The second-order valence-corrected chi connectivity index (χ2v) is 6.67. The van der Waals surface area contributed by atoms with Crippen molar-refractivity contribution in [1.29, 1.82) is 0 Å². The van der Waals surface area contributed by atoms with Crippen molar-refractivity contribution < 1.29 is 0 Å². The Morgan fingerprint density at radius 1 is 1.29 bits per heavy atom. The molecular formula is C15H24BrN. The lowest BCUT2D eigenvalue weighted by Crippen LogP contribution is -2.33. The van der Waals surface area contributed by atoms with Crippen molar-refractivity contribution in [3.05, 3.63) is 33.8 Å². The van der Waals surface area contributed by atoms with E-state index in [4.69, 9.17) is 0 Å². The first kappa shape index (κ1) is 14.7. The minimum absolute atomic E-state index is 0.223. The molecule has 17 heavy (non-hydrogen) atoms. The molecule has 0 aliphatic heterocycles. The van der Waals surface area contributed by atoms with Gasteiger partial charge in [-0.1, -0.05) is 49.7 Å². The molecule has 0 amide bonds. The molecule has 2 heteroatoms. The van der Waals surface area contributed by atoms with Crippen molar-refractivity contribution in [3.63, 3.8) is 0 Å². The fourth-order valence-electron chi connectivity index (χ4n) is 2.09. The fourth-order valence-corrected chi connectivity index (χ4v) is 2.47. The van der Waals surface area contributed by atoms with E-state index in [0.29, 0.717) is 6.04 Å². The summed E-state index contributed by atoms with van der Waals surface area (Å²) in [4.78, 5) is 0. The van der Waals surface area contributed by atoms with Gasteiger partial charge in [-0.15, -0.1) is 0 Å². The number of aryl methyl sites for hydroxylation is 1. The van der Waals surface area contributed by atoms with Gasteiger partial charge in [-0.25, -0.2) is 0 Å². The van der Waals surface area contributed by atoms with Crippen molar-refractivity contribution in [2.75, 3.05) is 6.54 Å². The smallest absolute Gasteiger partial charge is 0.0372 e. The van der Waals surface area contributed by atoms with Crippen LogP contribution in [0.5, 0.6) is 0 Å². The van der Waals surface area contributed by atoms with Crippen LogP contribution in [0.4, 0.5) is 0 Å². The highest BCUT2D eigenvalue weighted by Gasteiger charge is 2.26. The van der Waals surface area contributed by atoms with E-state index in [1.54, 1.807) is 0 Å². The third kappa shape index (κ3) is 4.11. The molecule has 1 atom stereocenters. The van der Waals surface area contributed by atoms with Crippen LogP contribution in [-0.2, 0) is 0 Å². The summed E-state index contributed by atoms with van der Waals surface area (Å²) in [5.74, 6) is 0. The van der Waals surface area contributed by atoms with Crippen molar-refractivity contribution >= 4 is 15.9 Å². The van der Waals surface area contributed by atoms with Gasteiger partial charge < -0.3 is 5.32 Å². The second-order valence-electron chi connectivity index (χ2n) is 5.75. The summed E-state index contributed by atoms with van der Waals surface area (Å²) < 4.78 is 1.16. The summed E-state index contributed by atoms with van der Waals surface area (Å²) in [5.41, 5.74) is 2.98. The van der Waals surface area contributed by atoms with Crippen molar-refractivity contribution in [2.24, 2.45) is 5.41 Å². The van der Waals surface area contributed by atoms with E-state index in [9.17, 15) is 0 Å². The number of rotatable bonds is 4. The van der Waals surface area contributed by atoms with Crippen molar-refractivity contribution in [2.45, 2.75) is 47.1 Å². The molecule has 1 aromatic carbocycles. The molecule has 0 aromatic heterocycles. The van der Waals surface area contributed by atoms with Gasteiger partial charge in [0.05, 0.1) is 0 Å². The van der Waals surface area contributed by atoms with Crippen LogP contribution >= 0.6 is 15.9 Å². The van der Waals surface area contributed by atoms with Crippen LogP contribution in [0.15, 0.2) is 22.7 Å². The normalized spacial score (nSPS) is 13.8. The van der Waals surface area contributed by atoms with E-state index >= 15 is 0 Å². The molecule has 0 spiro atoms. The Bertz CT molecular complexity index is 366. The third-order valence-electron chi connectivity index (χ3n) is 3.02.